The molecule has 4 atom stereocenters. The Morgan fingerprint density at radius 1 is 1.04 bits per heavy atom. The van der Waals surface area contributed by atoms with Gasteiger partial charge in [-0.1, -0.05) is 31.2 Å². The van der Waals surface area contributed by atoms with Crippen LogP contribution in [0.15, 0.2) is 22.3 Å². The first-order valence-corrected chi connectivity index (χ1v) is 13.2. The quantitative estimate of drug-likeness (QED) is 0.539. The van der Waals surface area contributed by atoms with E-state index in [1.165, 1.54) is 36.0 Å². The number of nitrogens with one attached hydrogen (secondary N) is 1. The SMILES string of the molecule is CC1=C(C)C(C)C(C2([SiH](C)C)C3CC4CC(C3)CC2(C([NH-])=O)C4)=C1C.[Ti]. The number of allylic oxidation sites excluding steroid dienone is 4. The van der Waals surface area contributed by atoms with Gasteiger partial charge in [0.1, 0.15) is 0 Å². The van der Waals surface area contributed by atoms with Gasteiger partial charge < -0.3 is 10.5 Å². The summed E-state index contributed by atoms with van der Waals surface area (Å²) < 4.78 is 0. The molecule has 142 valence electrons. The first-order chi connectivity index (χ1) is 11.7. The van der Waals surface area contributed by atoms with Gasteiger partial charge in [0.2, 0.25) is 0 Å². The van der Waals surface area contributed by atoms with E-state index in [1.807, 2.05) is 0 Å². The summed E-state index contributed by atoms with van der Waals surface area (Å²) in [7, 11) is -1.21. The van der Waals surface area contributed by atoms with Gasteiger partial charge in [0.05, 0.1) is 5.91 Å². The van der Waals surface area contributed by atoms with Gasteiger partial charge in [0.15, 0.2) is 0 Å². The summed E-state index contributed by atoms with van der Waals surface area (Å²) in [5.74, 6) is 2.32. The Kier molecular flexibility index (Phi) is 5.12. The van der Waals surface area contributed by atoms with Gasteiger partial charge in [0, 0.05) is 35.9 Å². The first kappa shape index (κ1) is 20.6. The average molecular weight is 404 g/mol. The molecule has 0 spiro atoms. The molecule has 5 aliphatic carbocycles. The Balaban J connectivity index is 0.00000196. The van der Waals surface area contributed by atoms with Crippen molar-refractivity contribution < 1.29 is 26.5 Å². The van der Waals surface area contributed by atoms with E-state index in [4.69, 9.17) is 5.73 Å². The van der Waals surface area contributed by atoms with Gasteiger partial charge in [-0.05, 0) is 92.7 Å². The molecule has 1 amide bonds. The number of carbonyl (C=O) groups is 1. The van der Waals surface area contributed by atoms with Crippen molar-refractivity contribution in [3.63, 3.8) is 0 Å². The largest absolute Gasteiger partial charge is 0.667 e. The smallest absolute Gasteiger partial charge is 0.0556 e. The van der Waals surface area contributed by atoms with Crippen LogP contribution in [-0.4, -0.2) is 14.7 Å². The van der Waals surface area contributed by atoms with Crippen molar-refractivity contribution in [1.82, 2.24) is 0 Å². The summed E-state index contributed by atoms with van der Waals surface area (Å²) in [6.07, 6.45) is 5.98. The summed E-state index contributed by atoms with van der Waals surface area (Å²) >= 11 is 0. The molecular formula is C22H34NOSiTi-. The van der Waals surface area contributed by atoms with Crippen molar-refractivity contribution in [1.29, 1.82) is 0 Å². The third-order valence-corrected chi connectivity index (χ3v) is 12.2. The number of hydrogen-bond acceptors (Lipinski definition) is 1. The fourth-order valence-electron chi connectivity index (χ4n) is 8.29. The molecule has 2 nitrogen and oxygen atoms in total. The third kappa shape index (κ3) is 2.23. The molecule has 4 fully saturated rings. The molecule has 0 saturated heterocycles. The molecular weight excluding hydrogens is 370 g/mol. The second kappa shape index (κ2) is 6.46. The van der Waals surface area contributed by atoms with E-state index < -0.39 is 8.80 Å². The summed E-state index contributed by atoms with van der Waals surface area (Å²) in [6.45, 7) is 14.2. The molecule has 4 unspecified atom stereocenters. The fourth-order valence-corrected chi connectivity index (χ4v) is 12.1. The molecule has 4 saturated carbocycles. The van der Waals surface area contributed by atoms with Crippen LogP contribution < -0.4 is 0 Å². The summed E-state index contributed by atoms with van der Waals surface area (Å²) in [6, 6.07) is 0. The van der Waals surface area contributed by atoms with E-state index in [2.05, 4.69) is 40.8 Å². The van der Waals surface area contributed by atoms with E-state index in [1.54, 1.807) is 5.57 Å². The maximum atomic E-state index is 13.0. The second-order valence-electron chi connectivity index (χ2n) is 10.0. The third-order valence-electron chi connectivity index (χ3n) is 9.04. The maximum Gasteiger partial charge on any atom is 0.0556 e. The second-order valence-corrected chi connectivity index (χ2v) is 13.3. The van der Waals surface area contributed by atoms with Crippen LogP contribution >= 0.6 is 0 Å². The van der Waals surface area contributed by atoms with Crippen molar-refractivity contribution in [2.45, 2.75) is 77.9 Å². The molecule has 0 aromatic heterocycles. The summed E-state index contributed by atoms with van der Waals surface area (Å²) in [5, 5.41) is 0.0434. The molecule has 1 N–H and O–H groups in total. The topological polar surface area (TPSA) is 40.9 Å². The Bertz CT molecular complexity index is 695. The molecule has 0 aromatic carbocycles. The van der Waals surface area contributed by atoms with Crippen molar-refractivity contribution in [3.8, 4) is 0 Å². The molecule has 5 aliphatic rings. The van der Waals surface area contributed by atoms with E-state index in [0.29, 0.717) is 23.7 Å². The average Bonchev–Trinajstić information content (AvgIpc) is 2.71. The molecule has 0 aliphatic heterocycles. The van der Waals surface area contributed by atoms with Crippen LogP contribution in [0.2, 0.25) is 18.1 Å². The van der Waals surface area contributed by atoms with E-state index in [-0.39, 0.29) is 38.1 Å². The zero-order valence-electron chi connectivity index (χ0n) is 17.3. The number of carbonyl (C=O) groups excluding carboxylic acids is 1. The summed E-state index contributed by atoms with van der Waals surface area (Å²) in [5.41, 5.74) is 14.1. The minimum Gasteiger partial charge on any atom is -0.667 e. The molecule has 4 heteroatoms. The van der Waals surface area contributed by atoms with Gasteiger partial charge in [0.25, 0.3) is 0 Å². The van der Waals surface area contributed by atoms with Crippen molar-refractivity contribution in [2.75, 3.05) is 0 Å². The molecule has 26 heavy (non-hydrogen) atoms. The monoisotopic (exact) mass is 404 g/mol. The van der Waals surface area contributed by atoms with Gasteiger partial charge in [-0.2, -0.15) is 0 Å². The van der Waals surface area contributed by atoms with E-state index >= 15 is 0 Å². The minimum absolute atomic E-state index is 0. The Hall–Kier alpha value is -0.119. The molecule has 0 radical (unpaired) electrons. The molecule has 4 bridgehead atoms. The van der Waals surface area contributed by atoms with Crippen LogP contribution in [0.25, 0.3) is 5.73 Å². The molecule has 5 rings (SSSR count). The van der Waals surface area contributed by atoms with Gasteiger partial charge in [-0.3, -0.25) is 0 Å². The van der Waals surface area contributed by atoms with Crippen LogP contribution in [-0.2, 0) is 26.5 Å². The van der Waals surface area contributed by atoms with Crippen LogP contribution in [0, 0.1) is 29.1 Å². The molecule has 0 heterocycles. The van der Waals surface area contributed by atoms with E-state index in [9.17, 15) is 4.79 Å². The van der Waals surface area contributed by atoms with Crippen LogP contribution in [0.4, 0.5) is 0 Å². The Morgan fingerprint density at radius 2 is 1.58 bits per heavy atom. The first-order valence-electron chi connectivity index (χ1n) is 10.3. The minimum atomic E-state index is -1.21. The Morgan fingerprint density at radius 3 is 1.96 bits per heavy atom. The Labute approximate surface area is 175 Å². The van der Waals surface area contributed by atoms with Crippen molar-refractivity contribution in [2.24, 2.45) is 29.1 Å². The fraction of sp³-hybridized carbons (Fsp3) is 0.773. The van der Waals surface area contributed by atoms with Gasteiger partial charge in [-0.15, -0.1) is 0 Å². The van der Waals surface area contributed by atoms with Crippen LogP contribution in [0.1, 0.15) is 59.8 Å². The van der Waals surface area contributed by atoms with Gasteiger partial charge in [-0.25, -0.2) is 0 Å². The summed E-state index contributed by atoms with van der Waals surface area (Å²) in [4.78, 5) is 13.0. The van der Waals surface area contributed by atoms with Crippen molar-refractivity contribution >= 4 is 14.7 Å². The zero-order chi connectivity index (χ0) is 18.3. The zero-order valence-corrected chi connectivity index (χ0v) is 20.0. The maximum absolute atomic E-state index is 13.0. The predicted octanol–water partition coefficient (Wildman–Crippen LogP) is 5.92. The van der Waals surface area contributed by atoms with Crippen LogP contribution in [0.5, 0.6) is 0 Å². The molecule has 0 aromatic rings. The predicted molar refractivity (Wildman–Crippen MR) is 107 cm³/mol. The number of rotatable bonds is 3. The standard InChI is InChI=1S/C22H35NOSi.Ti/c1-12-13(2)15(4)19(14(12)3)22(25(5)6)18-8-16-7-17(9-18)11-21(22,10-16)20(23)24;/h14,16-18,25H,7-11H2,1-6H3,(H2,23,24);/p-1. The number of amides is 1. The normalized spacial score (nSPS) is 44.1. The van der Waals surface area contributed by atoms with Crippen molar-refractivity contribution in [3.05, 3.63) is 28.0 Å². The van der Waals surface area contributed by atoms with Gasteiger partial charge >= 0.3 is 0 Å². The number of hydrogen-bond donors (Lipinski definition) is 0. The van der Waals surface area contributed by atoms with Crippen LogP contribution in [0.3, 0.4) is 0 Å². The van der Waals surface area contributed by atoms with E-state index in [0.717, 1.165) is 12.8 Å².